The van der Waals surface area contributed by atoms with Gasteiger partial charge in [0.1, 0.15) is 0 Å². The molecule has 0 amide bonds. The molecular formula is C19H20N4O2. The summed E-state index contributed by atoms with van der Waals surface area (Å²) in [6.45, 7) is 0. The van der Waals surface area contributed by atoms with Crippen molar-refractivity contribution in [1.82, 2.24) is 4.98 Å². The monoisotopic (exact) mass is 336 g/mol. The fourth-order valence-corrected chi connectivity index (χ4v) is 2.64. The number of fused-ring (bicyclic) bond motifs is 1. The van der Waals surface area contributed by atoms with Crippen LogP contribution in [0.3, 0.4) is 0 Å². The molecule has 1 unspecified atom stereocenters. The van der Waals surface area contributed by atoms with E-state index in [1.165, 1.54) is 0 Å². The predicted molar refractivity (Wildman–Crippen MR) is 98.7 cm³/mol. The molecule has 128 valence electrons. The number of aliphatic carboxylic acids is 1. The van der Waals surface area contributed by atoms with Crippen LogP contribution >= 0.6 is 0 Å². The number of aromatic amines is 1. The lowest BCUT2D eigenvalue weighted by Gasteiger charge is -2.11. The van der Waals surface area contributed by atoms with Crippen LogP contribution in [-0.2, 0) is 11.2 Å². The largest absolute Gasteiger partial charge is 0.480 e. The summed E-state index contributed by atoms with van der Waals surface area (Å²) in [4.78, 5) is 16.7. The normalized spacial score (nSPS) is 12.6. The van der Waals surface area contributed by atoms with Crippen LogP contribution in [0.25, 0.3) is 10.9 Å². The summed E-state index contributed by atoms with van der Waals surface area (Å²) < 4.78 is 0. The third-order valence-electron chi connectivity index (χ3n) is 4.05. The maximum Gasteiger partial charge on any atom is 0.330 e. The first-order valence-electron chi connectivity index (χ1n) is 8.00. The van der Waals surface area contributed by atoms with Crippen LogP contribution in [0.1, 0.15) is 5.56 Å². The van der Waals surface area contributed by atoms with Gasteiger partial charge in [0.05, 0.1) is 5.69 Å². The number of anilines is 1. The summed E-state index contributed by atoms with van der Waals surface area (Å²) >= 11 is 0. The molecule has 3 aromatic rings. The van der Waals surface area contributed by atoms with E-state index in [4.69, 9.17) is 0 Å². The zero-order valence-corrected chi connectivity index (χ0v) is 14.2. The van der Waals surface area contributed by atoms with Crippen LogP contribution in [-0.4, -0.2) is 36.2 Å². The van der Waals surface area contributed by atoms with Crippen LogP contribution < -0.4 is 4.90 Å². The third kappa shape index (κ3) is 3.85. The lowest BCUT2D eigenvalue weighted by Crippen LogP contribution is -2.19. The van der Waals surface area contributed by atoms with Gasteiger partial charge in [-0.25, -0.2) is 4.79 Å². The van der Waals surface area contributed by atoms with E-state index < -0.39 is 12.0 Å². The number of para-hydroxylation sites is 1. The summed E-state index contributed by atoms with van der Waals surface area (Å²) in [6.07, 6.45) is 2.13. The van der Waals surface area contributed by atoms with E-state index in [2.05, 4.69) is 15.2 Å². The second-order valence-corrected chi connectivity index (χ2v) is 6.04. The van der Waals surface area contributed by atoms with E-state index in [1.54, 1.807) is 0 Å². The highest BCUT2D eigenvalue weighted by atomic mass is 16.4. The highest BCUT2D eigenvalue weighted by Gasteiger charge is 2.19. The fourth-order valence-electron chi connectivity index (χ4n) is 2.64. The summed E-state index contributed by atoms with van der Waals surface area (Å²) in [7, 11) is 3.91. The fraction of sp³-hybridized carbons (Fsp3) is 0.211. The second kappa shape index (κ2) is 7.17. The Labute approximate surface area is 145 Å². The minimum Gasteiger partial charge on any atom is -0.480 e. The molecule has 1 heterocycles. The standard InChI is InChI=1S/C19H20N4O2/c1-23(2)15-9-7-14(8-10-15)21-22-18(19(24)25)11-13-12-20-17-6-4-3-5-16(13)17/h3-10,12,18,20H,11H2,1-2H3,(H,24,25). The number of carboxylic acid groups (broad SMARTS) is 1. The van der Waals surface area contributed by atoms with E-state index >= 15 is 0 Å². The van der Waals surface area contributed by atoms with Crippen molar-refractivity contribution in [2.75, 3.05) is 19.0 Å². The van der Waals surface area contributed by atoms with Crippen LogP contribution in [0.5, 0.6) is 0 Å². The van der Waals surface area contributed by atoms with Gasteiger partial charge in [0, 0.05) is 43.3 Å². The zero-order valence-electron chi connectivity index (χ0n) is 14.2. The number of aromatic nitrogens is 1. The molecule has 0 spiro atoms. The minimum absolute atomic E-state index is 0.290. The van der Waals surface area contributed by atoms with Gasteiger partial charge in [-0.15, -0.1) is 0 Å². The van der Waals surface area contributed by atoms with E-state index in [9.17, 15) is 9.90 Å². The quantitative estimate of drug-likeness (QED) is 0.667. The van der Waals surface area contributed by atoms with Crippen LogP contribution in [0.15, 0.2) is 65.0 Å². The Bertz CT molecular complexity index is 897. The molecule has 25 heavy (non-hydrogen) atoms. The number of benzene rings is 2. The first kappa shape index (κ1) is 16.7. The maximum absolute atomic E-state index is 11.6. The van der Waals surface area contributed by atoms with Crippen molar-refractivity contribution in [3.63, 3.8) is 0 Å². The SMILES string of the molecule is CN(C)c1ccc(N=NC(Cc2c[nH]c3ccccc23)C(=O)O)cc1. The lowest BCUT2D eigenvalue weighted by molar-refractivity contribution is -0.138. The van der Waals surface area contributed by atoms with E-state index in [1.807, 2.05) is 73.7 Å². The lowest BCUT2D eigenvalue weighted by atomic mass is 10.1. The summed E-state index contributed by atoms with van der Waals surface area (Å²) in [5.74, 6) is -0.987. The number of carboxylic acids is 1. The van der Waals surface area contributed by atoms with Gasteiger partial charge in [-0.3, -0.25) is 0 Å². The number of rotatable bonds is 6. The summed E-state index contributed by atoms with van der Waals surface area (Å²) in [5.41, 5.74) is 3.59. The van der Waals surface area contributed by atoms with Crippen LogP contribution in [0.2, 0.25) is 0 Å². The van der Waals surface area contributed by atoms with E-state index in [0.29, 0.717) is 12.1 Å². The van der Waals surface area contributed by atoms with Crippen molar-refractivity contribution in [3.05, 3.63) is 60.3 Å². The maximum atomic E-state index is 11.6. The Balaban J connectivity index is 1.78. The van der Waals surface area contributed by atoms with Gasteiger partial charge in [-0.2, -0.15) is 10.2 Å². The van der Waals surface area contributed by atoms with Crippen molar-refractivity contribution in [2.45, 2.75) is 12.5 Å². The Morgan fingerprint density at radius 1 is 1.16 bits per heavy atom. The molecule has 0 aliphatic rings. The number of hydrogen-bond acceptors (Lipinski definition) is 4. The van der Waals surface area contributed by atoms with Crippen LogP contribution in [0.4, 0.5) is 11.4 Å². The van der Waals surface area contributed by atoms with Crippen molar-refractivity contribution in [1.29, 1.82) is 0 Å². The average Bonchev–Trinajstić information content (AvgIpc) is 3.01. The topological polar surface area (TPSA) is 81.0 Å². The molecule has 1 atom stereocenters. The number of nitrogens with zero attached hydrogens (tertiary/aromatic N) is 3. The molecule has 0 fully saturated rings. The minimum atomic E-state index is -0.987. The van der Waals surface area contributed by atoms with E-state index in [0.717, 1.165) is 22.2 Å². The highest BCUT2D eigenvalue weighted by Crippen LogP contribution is 2.22. The van der Waals surface area contributed by atoms with Gasteiger partial charge < -0.3 is 15.0 Å². The molecule has 1 aromatic heterocycles. The number of nitrogens with one attached hydrogen (secondary N) is 1. The number of carbonyl (C=O) groups is 1. The first-order chi connectivity index (χ1) is 12.0. The van der Waals surface area contributed by atoms with Gasteiger partial charge in [0.25, 0.3) is 0 Å². The Morgan fingerprint density at radius 2 is 1.88 bits per heavy atom. The molecule has 3 rings (SSSR count). The average molecular weight is 336 g/mol. The summed E-state index contributed by atoms with van der Waals surface area (Å²) in [5, 5.41) is 18.6. The van der Waals surface area contributed by atoms with Gasteiger partial charge in [-0.05, 0) is 35.9 Å². The second-order valence-electron chi connectivity index (χ2n) is 6.04. The third-order valence-corrected chi connectivity index (χ3v) is 4.05. The molecule has 2 aromatic carbocycles. The molecule has 0 radical (unpaired) electrons. The summed E-state index contributed by atoms with van der Waals surface area (Å²) in [6, 6.07) is 14.4. The van der Waals surface area contributed by atoms with Gasteiger partial charge in [0.2, 0.25) is 0 Å². The smallest absolute Gasteiger partial charge is 0.330 e. The number of azo groups is 1. The zero-order chi connectivity index (χ0) is 17.8. The van der Waals surface area contributed by atoms with E-state index in [-0.39, 0.29) is 0 Å². The van der Waals surface area contributed by atoms with Crippen molar-refractivity contribution < 1.29 is 9.90 Å². The van der Waals surface area contributed by atoms with Crippen molar-refractivity contribution in [2.24, 2.45) is 10.2 Å². The molecule has 6 heteroatoms. The van der Waals surface area contributed by atoms with Gasteiger partial charge in [0.15, 0.2) is 6.04 Å². The predicted octanol–water partition coefficient (Wildman–Crippen LogP) is 4.01. The van der Waals surface area contributed by atoms with Gasteiger partial charge in [-0.1, -0.05) is 18.2 Å². The Kier molecular flexibility index (Phi) is 4.79. The van der Waals surface area contributed by atoms with Gasteiger partial charge >= 0.3 is 5.97 Å². The molecular weight excluding hydrogens is 316 g/mol. The molecule has 0 saturated carbocycles. The molecule has 0 aliphatic heterocycles. The Morgan fingerprint density at radius 3 is 2.56 bits per heavy atom. The molecule has 0 saturated heterocycles. The molecule has 6 nitrogen and oxygen atoms in total. The number of hydrogen-bond donors (Lipinski definition) is 2. The first-order valence-corrected chi connectivity index (χ1v) is 8.00. The molecule has 0 aliphatic carbocycles. The molecule has 0 bridgehead atoms. The van der Waals surface area contributed by atoms with Crippen molar-refractivity contribution in [3.8, 4) is 0 Å². The van der Waals surface area contributed by atoms with Crippen LogP contribution in [0, 0.1) is 0 Å². The Hall–Kier alpha value is -3.15. The van der Waals surface area contributed by atoms with Crippen molar-refractivity contribution >= 4 is 28.2 Å². The number of H-pyrrole nitrogens is 1. The molecule has 2 N–H and O–H groups in total. The highest BCUT2D eigenvalue weighted by molar-refractivity contribution is 5.84.